The lowest BCUT2D eigenvalue weighted by Crippen LogP contribution is -2.35. The molecule has 0 aromatic heterocycles. The first-order valence-corrected chi connectivity index (χ1v) is 6.30. The summed E-state index contributed by atoms with van der Waals surface area (Å²) in [6, 6.07) is 0. The lowest BCUT2D eigenvalue weighted by molar-refractivity contribution is 0.149. The van der Waals surface area contributed by atoms with Crippen molar-refractivity contribution >= 4 is 0 Å². The molecule has 0 bridgehead atoms. The second kappa shape index (κ2) is 5.83. The minimum atomic E-state index is 0.789. The number of ether oxygens (including phenoxy) is 1. The van der Waals surface area contributed by atoms with Crippen LogP contribution in [0.15, 0.2) is 0 Å². The second-order valence-electron chi connectivity index (χ2n) is 5.06. The largest absolute Gasteiger partial charge is 0.384 e. The Hall–Kier alpha value is -0.120. The third kappa shape index (κ3) is 3.44. The highest BCUT2D eigenvalue weighted by molar-refractivity contribution is 4.79. The summed E-state index contributed by atoms with van der Waals surface area (Å²) >= 11 is 0. The zero-order chi connectivity index (χ0) is 10.5. The van der Waals surface area contributed by atoms with Crippen molar-refractivity contribution < 1.29 is 4.74 Å². The van der Waals surface area contributed by atoms with Crippen LogP contribution in [0, 0.1) is 11.8 Å². The summed E-state index contributed by atoms with van der Waals surface area (Å²) in [5, 5.41) is 3.43. The summed E-state index contributed by atoms with van der Waals surface area (Å²) in [4.78, 5) is 2.64. The van der Waals surface area contributed by atoms with Crippen molar-refractivity contribution in [1.29, 1.82) is 0 Å². The summed E-state index contributed by atoms with van der Waals surface area (Å²) < 4.78 is 5.23. The standard InChI is InChI=1S/C12H24N2O/c1-15-10-12-4-7-14(9-12)8-11-2-5-13-6-3-11/h11-13H,2-10H2,1H3. The van der Waals surface area contributed by atoms with Gasteiger partial charge in [-0.2, -0.15) is 0 Å². The SMILES string of the molecule is COCC1CCN(CC2CCNCC2)C1. The molecule has 2 heterocycles. The van der Waals surface area contributed by atoms with Crippen LogP contribution < -0.4 is 5.32 Å². The Morgan fingerprint density at radius 1 is 1.20 bits per heavy atom. The predicted molar refractivity (Wildman–Crippen MR) is 62.0 cm³/mol. The van der Waals surface area contributed by atoms with Crippen LogP contribution in [0.3, 0.4) is 0 Å². The van der Waals surface area contributed by atoms with Crippen LogP contribution in [0.1, 0.15) is 19.3 Å². The fourth-order valence-electron chi connectivity index (χ4n) is 2.88. The maximum Gasteiger partial charge on any atom is 0.0503 e. The molecular formula is C12H24N2O. The molecule has 0 aromatic rings. The molecule has 1 atom stereocenters. The van der Waals surface area contributed by atoms with E-state index in [1.165, 1.54) is 52.0 Å². The highest BCUT2D eigenvalue weighted by Gasteiger charge is 2.24. The van der Waals surface area contributed by atoms with Crippen molar-refractivity contribution in [2.45, 2.75) is 19.3 Å². The van der Waals surface area contributed by atoms with Crippen LogP contribution in [-0.2, 0) is 4.74 Å². The fourth-order valence-corrected chi connectivity index (χ4v) is 2.88. The highest BCUT2D eigenvalue weighted by atomic mass is 16.5. The van der Waals surface area contributed by atoms with Crippen LogP contribution in [0.2, 0.25) is 0 Å². The van der Waals surface area contributed by atoms with E-state index >= 15 is 0 Å². The third-order valence-corrected chi connectivity index (χ3v) is 3.75. The Labute approximate surface area is 93.2 Å². The Kier molecular flexibility index (Phi) is 4.42. The van der Waals surface area contributed by atoms with Gasteiger partial charge in [0, 0.05) is 20.2 Å². The maximum absolute atomic E-state index is 5.23. The van der Waals surface area contributed by atoms with E-state index in [1.54, 1.807) is 0 Å². The zero-order valence-electron chi connectivity index (χ0n) is 9.87. The van der Waals surface area contributed by atoms with E-state index in [1.807, 2.05) is 7.11 Å². The van der Waals surface area contributed by atoms with Gasteiger partial charge < -0.3 is 15.0 Å². The van der Waals surface area contributed by atoms with Crippen molar-refractivity contribution in [2.24, 2.45) is 11.8 Å². The minimum Gasteiger partial charge on any atom is -0.384 e. The number of piperidine rings is 1. The molecular weight excluding hydrogens is 188 g/mol. The van der Waals surface area contributed by atoms with Gasteiger partial charge in [0.15, 0.2) is 0 Å². The molecule has 0 saturated carbocycles. The van der Waals surface area contributed by atoms with Crippen LogP contribution in [0.4, 0.5) is 0 Å². The number of hydrogen-bond donors (Lipinski definition) is 1. The van der Waals surface area contributed by atoms with Gasteiger partial charge in [-0.25, -0.2) is 0 Å². The Balaban J connectivity index is 1.67. The normalized spacial score (nSPS) is 29.8. The van der Waals surface area contributed by atoms with Gasteiger partial charge in [-0.3, -0.25) is 0 Å². The van der Waals surface area contributed by atoms with Gasteiger partial charge in [-0.05, 0) is 50.7 Å². The molecule has 3 nitrogen and oxygen atoms in total. The van der Waals surface area contributed by atoms with E-state index in [-0.39, 0.29) is 0 Å². The van der Waals surface area contributed by atoms with Crippen LogP contribution in [-0.4, -0.2) is 51.3 Å². The molecule has 1 unspecified atom stereocenters. The quantitative estimate of drug-likeness (QED) is 0.751. The monoisotopic (exact) mass is 212 g/mol. The predicted octanol–water partition coefficient (Wildman–Crippen LogP) is 0.954. The molecule has 2 fully saturated rings. The Bertz CT molecular complexity index is 180. The van der Waals surface area contributed by atoms with Crippen molar-refractivity contribution in [3.8, 4) is 0 Å². The maximum atomic E-state index is 5.23. The molecule has 2 aliphatic heterocycles. The first-order chi connectivity index (χ1) is 7.38. The number of rotatable bonds is 4. The molecule has 3 heteroatoms. The first kappa shape index (κ1) is 11.4. The van der Waals surface area contributed by atoms with Gasteiger partial charge in [0.2, 0.25) is 0 Å². The van der Waals surface area contributed by atoms with Crippen molar-refractivity contribution in [3.05, 3.63) is 0 Å². The highest BCUT2D eigenvalue weighted by Crippen LogP contribution is 2.20. The topological polar surface area (TPSA) is 24.5 Å². The van der Waals surface area contributed by atoms with Gasteiger partial charge in [-0.1, -0.05) is 0 Å². The van der Waals surface area contributed by atoms with Crippen LogP contribution in [0.5, 0.6) is 0 Å². The van der Waals surface area contributed by atoms with Gasteiger partial charge in [0.25, 0.3) is 0 Å². The van der Waals surface area contributed by atoms with Crippen LogP contribution in [0.25, 0.3) is 0 Å². The van der Waals surface area contributed by atoms with Crippen molar-refractivity contribution in [2.75, 3.05) is 46.4 Å². The van der Waals surface area contributed by atoms with Gasteiger partial charge in [0.05, 0.1) is 6.61 Å². The lowest BCUT2D eigenvalue weighted by atomic mass is 9.98. The average Bonchev–Trinajstić information content (AvgIpc) is 2.68. The molecule has 0 spiro atoms. The molecule has 2 rings (SSSR count). The van der Waals surface area contributed by atoms with Crippen LogP contribution >= 0.6 is 0 Å². The minimum absolute atomic E-state index is 0.789. The van der Waals surface area contributed by atoms with E-state index in [0.717, 1.165) is 18.4 Å². The smallest absolute Gasteiger partial charge is 0.0503 e. The van der Waals surface area contributed by atoms with Gasteiger partial charge in [-0.15, -0.1) is 0 Å². The summed E-state index contributed by atoms with van der Waals surface area (Å²) in [7, 11) is 1.81. The number of nitrogens with one attached hydrogen (secondary N) is 1. The molecule has 0 radical (unpaired) electrons. The number of methoxy groups -OCH3 is 1. The Morgan fingerprint density at radius 3 is 2.73 bits per heavy atom. The lowest BCUT2D eigenvalue weighted by Gasteiger charge is -2.27. The summed E-state index contributed by atoms with van der Waals surface area (Å²) in [6.45, 7) is 7.26. The molecule has 88 valence electrons. The van der Waals surface area contributed by atoms with E-state index < -0.39 is 0 Å². The average molecular weight is 212 g/mol. The molecule has 2 aliphatic rings. The molecule has 0 amide bonds. The molecule has 15 heavy (non-hydrogen) atoms. The number of nitrogens with zero attached hydrogens (tertiary/aromatic N) is 1. The van der Waals surface area contributed by atoms with E-state index in [2.05, 4.69) is 10.2 Å². The van der Waals surface area contributed by atoms with Gasteiger partial charge >= 0.3 is 0 Å². The number of hydrogen-bond acceptors (Lipinski definition) is 3. The molecule has 2 saturated heterocycles. The fraction of sp³-hybridized carbons (Fsp3) is 1.00. The zero-order valence-corrected chi connectivity index (χ0v) is 9.87. The molecule has 0 aromatic carbocycles. The first-order valence-electron chi connectivity index (χ1n) is 6.30. The van der Waals surface area contributed by atoms with Crippen molar-refractivity contribution in [3.63, 3.8) is 0 Å². The summed E-state index contributed by atoms with van der Waals surface area (Å²) in [5.74, 6) is 1.73. The van der Waals surface area contributed by atoms with Gasteiger partial charge in [0.1, 0.15) is 0 Å². The third-order valence-electron chi connectivity index (χ3n) is 3.75. The van der Waals surface area contributed by atoms with Crippen molar-refractivity contribution in [1.82, 2.24) is 10.2 Å². The van der Waals surface area contributed by atoms with E-state index in [4.69, 9.17) is 4.74 Å². The molecule has 1 N–H and O–H groups in total. The summed E-state index contributed by atoms with van der Waals surface area (Å²) in [6.07, 6.45) is 4.07. The Morgan fingerprint density at radius 2 is 2.00 bits per heavy atom. The number of likely N-dealkylation sites (tertiary alicyclic amines) is 1. The van der Waals surface area contributed by atoms with E-state index in [0.29, 0.717) is 0 Å². The van der Waals surface area contributed by atoms with E-state index in [9.17, 15) is 0 Å². The summed E-state index contributed by atoms with van der Waals surface area (Å²) in [5.41, 5.74) is 0. The molecule has 0 aliphatic carbocycles. The second-order valence-corrected chi connectivity index (χ2v) is 5.06.